The van der Waals surface area contributed by atoms with Crippen LogP contribution in [0.4, 0.5) is 10.1 Å². The zero-order valence-electron chi connectivity index (χ0n) is 21.7. The lowest BCUT2D eigenvalue weighted by Crippen LogP contribution is -2.53. The third-order valence-electron chi connectivity index (χ3n) is 6.64. The maximum atomic E-state index is 13.8. The van der Waals surface area contributed by atoms with Gasteiger partial charge >= 0.3 is 10.2 Å². The lowest BCUT2D eigenvalue weighted by molar-refractivity contribution is -0.139. The van der Waals surface area contributed by atoms with Crippen LogP contribution in [0.2, 0.25) is 10.0 Å². The van der Waals surface area contributed by atoms with E-state index in [1.165, 1.54) is 31.1 Å². The van der Waals surface area contributed by atoms with Crippen molar-refractivity contribution in [3.63, 3.8) is 0 Å². The molecule has 1 unspecified atom stereocenters. The summed E-state index contributed by atoms with van der Waals surface area (Å²) in [6, 6.07) is 8.76. The molecule has 1 fully saturated rings. The molecule has 0 saturated heterocycles. The minimum atomic E-state index is -4.15. The molecule has 2 aromatic carbocycles. The van der Waals surface area contributed by atoms with E-state index < -0.39 is 34.5 Å². The van der Waals surface area contributed by atoms with Crippen LogP contribution in [0.25, 0.3) is 0 Å². The first kappa shape index (κ1) is 30.1. The fourth-order valence-corrected chi connectivity index (χ4v) is 5.90. The molecule has 0 spiro atoms. The van der Waals surface area contributed by atoms with Crippen molar-refractivity contribution in [2.45, 2.75) is 57.7 Å². The molecule has 208 valence electrons. The van der Waals surface area contributed by atoms with Gasteiger partial charge in [-0.1, -0.05) is 48.5 Å². The number of hydrogen-bond acceptors (Lipinski definition) is 4. The fourth-order valence-electron chi connectivity index (χ4n) is 4.33. The molecule has 0 bridgehead atoms. The van der Waals surface area contributed by atoms with E-state index in [0.29, 0.717) is 15.6 Å². The predicted molar refractivity (Wildman–Crippen MR) is 148 cm³/mol. The Morgan fingerprint density at radius 1 is 1.03 bits per heavy atom. The number of benzene rings is 2. The van der Waals surface area contributed by atoms with Gasteiger partial charge in [0, 0.05) is 42.3 Å². The zero-order valence-corrected chi connectivity index (χ0v) is 24.0. The summed E-state index contributed by atoms with van der Waals surface area (Å²) >= 11 is 12.8. The molecule has 1 aliphatic rings. The van der Waals surface area contributed by atoms with Crippen molar-refractivity contribution in [2.75, 3.05) is 24.9 Å². The van der Waals surface area contributed by atoms with Gasteiger partial charge in [-0.25, -0.2) is 8.70 Å². The van der Waals surface area contributed by atoms with Crippen molar-refractivity contribution in [2.24, 2.45) is 0 Å². The lowest BCUT2D eigenvalue weighted by Gasteiger charge is -2.34. The topological polar surface area (TPSA) is 90.0 Å². The van der Waals surface area contributed by atoms with Gasteiger partial charge in [-0.2, -0.15) is 12.7 Å². The van der Waals surface area contributed by atoms with Crippen molar-refractivity contribution in [3.05, 3.63) is 63.9 Å². The van der Waals surface area contributed by atoms with E-state index in [2.05, 4.69) is 5.32 Å². The molecular weight excluding hydrogens is 554 g/mol. The predicted octanol–water partition coefficient (Wildman–Crippen LogP) is 4.61. The quantitative estimate of drug-likeness (QED) is 0.440. The number of nitrogens with zero attached hydrogens (tertiary/aromatic N) is 3. The Morgan fingerprint density at radius 3 is 2.16 bits per heavy atom. The summed E-state index contributed by atoms with van der Waals surface area (Å²) in [5.41, 5.74) is 0.536. The Kier molecular flexibility index (Phi) is 10.4. The van der Waals surface area contributed by atoms with Crippen LogP contribution >= 0.6 is 23.2 Å². The average molecular weight is 588 g/mol. The molecule has 2 amide bonds. The first-order valence-corrected chi connectivity index (χ1v) is 14.6. The minimum Gasteiger partial charge on any atom is -0.352 e. The second-order valence-electron chi connectivity index (χ2n) is 9.51. The van der Waals surface area contributed by atoms with E-state index in [-0.39, 0.29) is 24.2 Å². The highest BCUT2D eigenvalue weighted by atomic mass is 35.5. The Bertz CT molecular complexity index is 1220. The van der Waals surface area contributed by atoms with E-state index in [9.17, 15) is 22.4 Å². The third-order valence-corrected chi connectivity index (χ3v) is 9.17. The van der Waals surface area contributed by atoms with Crippen molar-refractivity contribution >= 4 is 50.9 Å². The van der Waals surface area contributed by atoms with Gasteiger partial charge in [-0.05, 0) is 56.2 Å². The third kappa shape index (κ3) is 7.37. The Morgan fingerprint density at radius 2 is 1.61 bits per heavy atom. The van der Waals surface area contributed by atoms with Crippen LogP contribution in [0.5, 0.6) is 0 Å². The molecule has 1 saturated carbocycles. The van der Waals surface area contributed by atoms with Crippen LogP contribution in [0.3, 0.4) is 0 Å². The Hall–Kier alpha value is -2.40. The Balaban J connectivity index is 1.95. The second kappa shape index (κ2) is 13.1. The Labute approximate surface area is 233 Å². The second-order valence-corrected chi connectivity index (χ2v) is 12.4. The summed E-state index contributed by atoms with van der Waals surface area (Å²) < 4.78 is 41.8. The summed E-state index contributed by atoms with van der Waals surface area (Å²) in [5.74, 6) is -1.55. The molecular formula is C26H33Cl2FN4O4S. The average Bonchev–Trinajstić information content (AvgIpc) is 2.87. The van der Waals surface area contributed by atoms with E-state index in [1.807, 2.05) is 0 Å². The summed E-state index contributed by atoms with van der Waals surface area (Å²) in [5, 5.41) is 3.65. The van der Waals surface area contributed by atoms with Gasteiger partial charge in [0.1, 0.15) is 18.4 Å². The van der Waals surface area contributed by atoms with Gasteiger partial charge in [0.05, 0.1) is 5.69 Å². The van der Waals surface area contributed by atoms with Crippen LogP contribution in [0, 0.1) is 5.82 Å². The van der Waals surface area contributed by atoms with Gasteiger partial charge in [-0.15, -0.1) is 0 Å². The largest absolute Gasteiger partial charge is 0.352 e. The highest BCUT2D eigenvalue weighted by molar-refractivity contribution is 7.90. The normalized spacial score (nSPS) is 15.2. The van der Waals surface area contributed by atoms with Crippen LogP contribution in [0.15, 0.2) is 42.5 Å². The standard InChI is InChI=1S/C26H33Cl2FN4O4S/c1-18(26(35)30-20-8-5-4-6-9-20)32(16-22-23(27)10-7-11-24(22)28)25(34)17-33(38(36,37)31(2)3)21-14-12-19(29)13-15-21/h7,10-15,18,20H,4-6,8-9,16-17H2,1-3H3,(H,30,35). The van der Waals surface area contributed by atoms with Crippen LogP contribution in [-0.4, -0.2) is 62.2 Å². The number of nitrogens with one attached hydrogen (secondary N) is 1. The zero-order chi connectivity index (χ0) is 28.0. The summed E-state index contributed by atoms with van der Waals surface area (Å²) in [6.45, 7) is 0.842. The van der Waals surface area contributed by atoms with Crippen LogP contribution in [-0.2, 0) is 26.3 Å². The first-order valence-electron chi connectivity index (χ1n) is 12.4. The van der Waals surface area contributed by atoms with Crippen LogP contribution in [0.1, 0.15) is 44.6 Å². The van der Waals surface area contributed by atoms with Gasteiger partial charge < -0.3 is 10.2 Å². The van der Waals surface area contributed by atoms with E-state index in [0.717, 1.165) is 52.8 Å². The van der Waals surface area contributed by atoms with Crippen molar-refractivity contribution < 1.29 is 22.4 Å². The molecule has 3 rings (SSSR count). The van der Waals surface area contributed by atoms with E-state index >= 15 is 0 Å². The molecule has 12 heteroatoms. The van der Waals surface area contributed by atoms with Crippen molar-refractivity contribution in [1.29, 1.82) is 0 Å². The maximum Gasteiger partial charge on any atom is 0.304 e. The fraction of sp³-hybridized carbons (Fsp3) is 0.462. The van der Waals surface area contributed by atoms with Crippen molar-refractivity contribution in [3.8, 4) is 0 Å². The highest BCUT2D eigenvalue weighted by Gasteiger charge is 2.34. The summed E-state index contributed by atoms with van der Waals surface area (Å²) in [6.07, 6.45) is 4.89. The van der Waals surface area contributed by atoms with E-state index in [1.54, 1.807) is 25.1 Å². The molecule has 0 aromatic heterocycles. The smallest absolute Gasteiger partial charge is 0.304 e. The van der Waals surface area contributed by atoms with Gasteiger partial charge in [-0.3, -0.25) is 9.59 Å². The molecule has 0 heterocycles. The SMILES string of the molecule is CC(C(=O)NC1CCCCC1)N(Cc1c(Cl)cccc1Cl)C(=O)CN(c1ccc(F)cc1)S(=O)(=O)N(C)C. The number of rotatable bonds is 10. The molecule has 0 aliphatic heterocycles. The van der Waals surface area contributed by atoms with Crippen molar-refractivity contribution in [1.82, 2.24) is 14.5 Å². The van der Waals surface area contributed by atoms with Gasteiger partial charge in [0.2, 0.25) is 11.8 Å². The number of anilines is 1. The molecule has 38 heavy (non-hydrogen) atoms. The number of carbonyl (C=O) groups excluding carboxylic acids is 2. The number of hydrogen-bond donors (Lipinski definition) is 1. The molecule has 1 aliphatic carbocycles. The number of carbonyl (C=O) groups is 2. The molecule has 8 nitrogen and oxygen atoms in total. The van der Waals surface area contributed by atoms with Gasteiger partial charge in [0.25, 0.3) is 0 Å². The van der Waals surface area contributed by atoms with E-state index in [4.69, 9.17) is 23.2 Å². The molecule has 2 aromatic rings. The molecule has 0 radical (unpaired) electrons. The highest BCUT2D eigenvalue weighted by Crippen LogP contribution is 2.28. The van der Waals surface area contributed by atoms with Gasteiger partial charge in [0.15, 0.2) is 0 Å². The number of halogens is 3. The first-order chi connectivity index (χ1) is 17.9. The minimum absolute atomic E-state index is 0.0179. The molecule has 1 atom stereocenters. The summed E-state index contributed by atoms with van der Waals surface area (Å²) in [4.78, 5) is 28.3. The maximum absolute atomic E-state index is 13.8. The van der Waals surface area contributed by atoms with Crippen LogP contribution < -0.4 is 9.62 Å². The molecule has 1 N–H and O–H groups in total. The lowest BCUT2D eigenvalue weighted by atomic mass is 9.95. The summed E-state index contributed by atoms with van der Waals surface area (Å²) in [7, 11) is -1.48. The monoisotopic (exact) mass is 586 g/mol. The number of amides is 2.